The number of hydrogen-bond donors (Lipinski definition) is 0. The fourth-order valence-electron chi connectivity index (χ4n) is 12.6. The van der Waals surface area contributed by atoms with Gasteiger partial charge in [-0.2, -0.15) is 0 Å². The zero-order chi connectivity index (χ0) is 69.2. The molecule has 0 radical (unpaired) electrons. The molecule has 5 rings (SSSR count). The molecule has 0 spiro atoms. The number of piperazine rings is 2. The van der Waals surface area contributed by atoms with E-state index in [9.17, 15) is 19.2 Å². The summed E-state index contributed by atoms with van der Waals surface area (Å²) in [6.07, 6.45) is 26.5. The second-order valence-electron chi connectivity index (χ2n) is 26.4. The first-order valence-electron chi connectivity index (χ1n) is 38.9. The SMILES string of the molecule is CCCCCCCCCCCCN1CCOCCOCCN(C(=O)N2CCN(C(=O)N3CCOCCOCCN(C(=O)N4CCN(C(=O)N5CCOCCOCCN(CCCCCCCCCCCC)CCOCCOCC5)CC4)CCOCCOCC3)CC2)CCOCCOCC1. The largest absolute Gasteiger partial charge is 0.378 e. The van der Waals surface area contributed by atoms with Gasteiger partial charge in [-0.15, -0.1) is 0 Å². The summed E-state index contributed by atoms with van der Waals surface area (Å²) in [6.45, 7) is 26.6. The number of carbonyl (C=O) groups is 4. The number of amides is 8. The van der Waals surface area contributed by atoms with Gasteiger partial charge in [-0.3, -0.25) is 9.80 Å². The second-order valence-corrected chi connectivity index (χ2v) is 26.4. The van der Waals surface area contributed by atoms with Gasteiger partial charge in [0.1, 0.15) is 0 Å². The lowest BCUT2D eigenvalue weighted by molar-refractivity contribution is 0.00766. The number of hydrogen-bond acceptors (Lipinski definition) is 18. The van der Waals surface area contributed by atoms with Crippen LogP contribution >= 0.6 is 0 Å². The van der Waals surface area contributed by atoms with E-state index in [4.69, 9.17) is 56.8 Å². The Balaban J connectivity index is 0.948. The lowest BCUT2D eigenvalue weighted by Gasteiger charge is -2.39. The van der Waals surface area contributed by atoms with E-state index in [1.807, 2.05) is 9.80 Å². The molecule has 5 heterocycles. The van der Waals surface area contributed by atoms with Crippen LogP contribution in [0.25, 0.3) is 0 Å². The topological polar surface area (TPSA) is 211 Å². The minimum Gasteiger partial charge on any atom is -0.378 e. The van der Waals surface area contributed by atoms with Crippen molar-refractivity contribution >= 4 is 24.1 Å². The van der Waals surface area contributed by atoms with Gasteiger partial charge in [0.05, 0.1) is 159 Å². The van der Waals surface area contributed by atoms with Crippen molar-refractivity contribution in [2.75, 3.05) is 303 Å². The average molecular weight is 1400 g/mol. The Kier molecular flexibility index (Phi) is 51.2. The van der Waals surface area contributed by atoms with Crippen molar-refractivity contribution in [2.24, 2.45) is 0 Å². The van der Waals surface area contributed by atoms with E-state index in [0.29, 0.717) is 263 Å². The van der Waals surface area contributed by atoms with E-state index >= 15 is 0 Å². The molecule has 5 saturated heterocycles. The summed E-state index contributed by atoms with van der Waals surface area (Å²) in [7, 11) is 0. The van der Waals surface area contributed by atoms with Gasteiger partial charge in [0.2, 0.25) is 0 Å². The second kappa shape index (κ2) is 59.0. The van der Waals surface area contributed by atoms with Crippen LogP contribution in [0.5, 0.6) is 0 Å². The highest BCUT2D eigenvalue weighted by molar-refractivity contribution is 5.78. The van der Waals surface area contributed by atoms with Gasteiger partial charge in [0.25, 0.3) is 0 Å². The third-order valence-electron chi connectivity index (χ3n) is 18.9. The lowest BCUT2D eigenvalue weighted by Crippen LogP contribution is -2.57. The Morgan fingerprint density at radius 2 is 0.327 bits per heavy atom. The molecule has 98 heavy (non-hydrogen) atoms. The predicted molar refractivity (Wildman–Crippen MR) is 381 cm³/mol. The highest BCUT2D eigenvalue weighted by atomic mass is 16.5. The molecule has 0 N–H and O–H groups in total. The van der Waals surface area contributed by atoms with Crippen molar-refractivity contribution in [3.8, 4) is 0 Å². The van der Waals surface area contributed by atoms with Gasteiger partial charge in [-0.05, 0) is 25.9 Å². The molecule has 26 nitrogen and oxygen atoms in total. The van der Waals surface area contributed by atoms with Crippen LogP contribution in [0.3, 0.4) is 0 Å². The molecular weight excluding hydrogens is 1260 g/mol. The van der Waals surface area contributed by atoms with Crippen LogP contribution in [-0.4, -0.2) is 376 Å². The fourth-order valence-corrected chi connectivity index (χ4v) is 12.6. The van der Waals surface area contributed by atoms with Crippen molar-refractivity contribution in [1.29, 1.82) is 0 Å². The molecule has 5 aliphatic heterocycles. The zero-order valence-electron chi connectivity index (χ0n) is 61.7. The molecule has 0 aliphatic carbocycles. The van der Waals surface area contributed by atoms with E-state index in [1.54, 1.807) is 29.4 Å². The molecule has 0 saturated carbocycles. The average Bonchev–Trinajstić information content (AvgIpc) is 0.909. The quantitative estimate of drug-likeness (QED) is 0.0955. The third kappa shape index (κ3) is 40.4. The summed E-state index contributed by atoms with van der Waals surface area (Å²) in [6, 6.07) is -0.452. The molecule has 26 heteroatoms. The molecule has 0 aromatic rings. The van der Waals surface area contributed by atoms with Crippen LogP contribution in [0.1, 0.15) is 142 Å². The van der Waals surface area contributed by atoms with Crippen LogP contribution < -0.4 is 0 Å². The summed E-state index contributed by atoms with van der Waals surface area (Å²) < 4.78 is 71.7. The van der Waals surface area contributed by atoms with Crippen LogP contribution in [0.4, 0.5) is 19.2 Å². The highest BCUT2D eigenvalue weighted by Gasteiger charge is 2.32. The number of unbranched alkanes of at least 4 members (excludes halogenated alkanes) is 18. The van der Waals surface area contributed by atoms with E-state index < -0.39 is 0 Å². The smallest absolute Gasteiger partial charge is 0.320 e. The third-order valence-corrected chi connectivity index (χ3v) is 18.9. The minimum absolute atomic E-state index is 0.0989. The molecule has 0 unspecified atom stereocenters. The highest BCUT2D eigenvalue weighted by Crippen LogP contribution is 2.16. The van der Waals surface area contributed by atoms with Crippen molar-refractivity contribution in [3.05, 3.63) is 0 Å². The number of carbonyl (C=O) groups excluding carboxylic acids is 4. The van der Waals surface area contributed by atoms with Crippen molar-refractivity contribution in [3.63, 3.8) is 0 Å². The molecule has 8 amide bonds. The number of nitrogens with zero attached hydrogens (tertiary/aromatic N) is 10. The molecule has 5 aliphatic rings. The Bertz CT molecular complexity index is 1740. The fraction of sp³-hybridized carbons (Fsp3) is 0.944. The van der Waals surface area contributed by atoms with Gasteiger partial charge >= 0.3 is 24.1 Å². The summed E-state index contributed by atoms with van der Waals surface area (Å²) >= 11 is 0. The summed E-state index contributed by atoms with van der Waals surface area (Å²) in [4.78, 5) is 75.3. The van der Waals surface area contributed by atoms with E-state index in [0.717, 1.165) is 39.3 Å². The van der Waals surface area contributed by atoms with Gasteiger partial charge in [-0.1, -0.05) is 129 Å². The Hall–Kier alpha value is -3.48. The van der Waals surface area contributed by atoms with Crippen LogP contribution in [0.15, 0.2) is 0 Å². The molecule has 0 atom stereocenters. The Morgan fingerprint density at radius 1 is 0.184 bits per heavy atom. The monoisotopic (exact) mass is 1400 g/mol. The first-order valence-corrected chi connectivity index (χ1v) is 38.9. The summed E-state index contributed by atoms with van der Waals surface area (Å²) in [5, 5.41) is 0. The Morgan fingerprint density at radius 3 is 0.500 bits per heavy atom. The van der Waals surface area contributed by atoms with Gasteiger partial charge < -0.3 is 96.0 Å². The van der Waals surface area contributed by atoms with E-state index in [1.165, 1.54) is 128 Å². The molecular formula is C72H138N10O16. The van der Waals surface area contributed by atoms with E-state index in [2.05, 4.69) is 23.6 Å². The summed E-state index contributed by atoms with van der Waals surface area (Å²) in [5.74, 6) is 0. The number of ether oxygens (including phenoxy) is 12. The summed E-state index contributed by atoms with van der Waals surface area (Å²) in [5.41, 5.74) is 0. The Labute approximate surface area is 591 Å². The minimum atomic E-state index is -0.127. The lowest BCUT2D eigenvalue weighted by atomic mass is 10.1. The predicted octanol–water partition coefficient (Wildman–Crippen LogP) is 7.60. The van der Waals surface area contributed by atoms with Crippen LogP contribution in [-0.2, 0) is 56.8 Å². The molecule has 0 bridgehead atoms. The van der Waals surface area contributed by atoms with Gasteiger partial charge in [0.15, 0.2) is 0 Å². The molecule has 0 aromatic heterocycles. The van der Waals surface area contributed by atoms with Crippen molar-refractivity contribution in [2.45, 2.75) is 142 Å². The van der Waals surface area contributed by atoms with Crippen LogP contribution in [0, 0.1) is 0 Å². The van der Waals surface area contributed by atoms with E-state index in [-0.39, 0.29) is 24.1 Å². The van der Waals surface area contributed by atoms with Gasteiger partial charge in [0, 0.05) is 131 Å². The van der Waals surface area contributed by atoms with Gasteiger partial charge in [-0.25, -0.2) is 19.2 Å². The van der Waals surface area contributed by atoms with Crippen LogP contribution in [0.2, 0.25) is 0 Å². The molecule has 0 aromatic carbocycles. The standard InChI is InChI=1S/C72H138N10O16/c1-3-5-7-9-11-13-15-17-19-21-23-73-33-45-87-57-61-91-49-37-79(38-50-92-62-58-88-46-34-73)69(83)75-25-29-77(30-26-75)71(85)81-41-53-95-65-67-97-55-43-82(44-56-98-68-66-96-54-42-81)72(86)78-31-27-76(28-32-78)70(84)80-39-51-93-63-59-89-47-35-74(36-48-90-60-64-94-52-40-80)24-22-20-18-16-14-12-10-8-6-4-2/h3-68H2,1-2H3. The maximum absolute atomic E-state index is 14.1. The molecule has 5 fully saturated rings. The maximum Gasteiger partial charge on any atom is 0.320 e. The zero-order valence-corrected chi connectivity index (χ0v) is 61.7. The number of rotatable bonds is 22. The van der Waals surface area contributed by atoms with Crippen molar-refractivity contribution < 1.29 is 76.0 Å². The first kappa shape index (κ1) is 85.2. The maximum atomic E-state index is 14.1. The number of urea groups is 4. The molecule has 572 valence electrons. The van der Waals surface area contributed by atoms with Crippen molar-refractivity contribution in [1.82, 2.24) is 49.0 Å². The first-order chi connectivity index (χ1) is 48.4. The normalized spacial score (nSPS) is 21.3.